The fourth-order valence-electron chi connectivity index (χ4n) is 1.89. The average molecular weight is 304 g/mol. The average Bonchev–Trinajstić information content (AvgIpc) is 2.28. The number of hydrogen-bond acceptors (Lipinski definition) is 2. The summed E-state index contributed by atoms with van der Waals surface area (Å²) in [7, 11) is 0. The maximum Gasteiger partial charge on any atom is 0.433 e. The zero-order chi connectivity index (χ0) is 15.0. The lowest BCUT2D eigenvalue weighted by Crippen LogP contribution is -2.41. The zero-order valence-corrected chi connectivity index (χ0v) is 11.2. The van der Waals surface area contributed by atoms with Crippen molar-refractivity contribution in [2.75, 3.05) is 5.73 Å². The zero-order valence-electron chi connectivity index (χ0n) is 10.5. The first-order valence-electron chi connectivity index (χ1n) is 6.11. The second-order valence-corrected chi connectivity index (χ2v) is 5.27. The van der Waals surface area contributed by atoms with Gasteiger partial charge in [0.25, 0.3) is 0 Å². The van der Waals surface area contributed by atoms with Crippen molar-refractivity contribution in [1.29, 1.82) is 0 Å². The predicted molar refractivity (Wildman–Crippen MR) is 70.9 cm³/mol. The van der Waals surface area contributed by atoms with Crippen molar-refractivity contribution in [1.82, 2.24) is 0 Å². The number of hydrogen-bond donors (Lipinski definition) is 2. The minimum absolute atomic E-state index is 0.0577. The first-order valence-corrected chi connectivity index (χ1v) is 6.49. The molecule has 1 aliphatic carbocycles. The van der Waals surface area contributed by atoms with Crippen LogP contribution in [0, 0.1) is 17.8 Å². The fourth-order valence-corrected chi connectivity index (χ4v) is 2.06. The third kappa shape index (κ3) is 2.72. The predicted octanol–water partition coefficient (Wildman–Crippen LogP) is 3.48. The number of alkyl halides is 3. The van der Waals surface area contributed by atoms with Crippen LogP contribution in [0.1, 0.15) is 24.8 Å². The van der Waals surface area contributed by atoms with Gasteiger partial charge in [-0.2, -0.15) is 13.2 Å². The molecule has 0 spiro atoms. The van der Waals surface area contributed by atoms with Gasteiger partial charge in [0.05, 0.1) is 0 Å². The molecule has 0 heterocycles. The third-order valence-corrected chi connectivity index (χ3v) is 3.61. The highest BCUT2D eigenvalue weighted by atomic mass is 35.5. The van der Waals surface area contributed by atoms with E-state index in [2.05, 4.69) is 5.92 Å². The Balaban J connectivity index is 2.50. The van der Waals surface area contributed by atoms with Crippen molar-refractivity contribution >= 4 is 17.3 Å². The SMILES string of the molecule is Nc1ccc(Cl)cc1C(O)(C#CC1CCC1)C(F)(F)F. The molecule has 0 saturated heterocycles. The van der Waals surface area contributed by atoms with E-state index < -0.39 is 17.3 Å². The second kappa shape index (κ2) is 5.19. The summed E-state index contributed by atoms with van der Waals surface area (Å²) in [6.45, 7) is 0. The standard InChI is InChI=1S/C14H13ClF3NO/c15-10-4-5-12(19)11(8-10)13(20,14(16,17)18)7-6-9-2-1-3-9/h4-5,8-9,20H,1-3,19H2. The molecule has 1 fully saturated rings. The molecule has 108 valence electrons. The Morgan fingerprint density at radius 3 is 2.45 bits per heavy atom. The van der Waals surface area contributed by atoms with Gasteiger partial charge in [0.1, 0.15) is 0 Å². The van der Waals surface area contributed by atoms with Gasteiger partial charge in [-0.1, -0.05) is 29.9 Å². The van der Waals surface area contributed by atoms with Crippen LogP contribution in [0.15, 0.2) is 18.2 Å². The van der Waals surface area contributed by atoms with E-state index in [-0.39, 0.29) is 16.6 Å². The van der Waals surface area contributed by atoms with Crippen molar-refractivity contribution in [2.45, 2.75) is 31.0 Å². The molecule has 0 amide bonds. The molecule has 0 aliphatic heterocycles. The van der Waals surface area contributed by atoms with Crippen LogP contribution in [0.25, 0.3) is 0 Å². The number of halogens is 4. The largest absolute Gasteiger partial charge is 0.433 e. The Hall–Kier alpha value is -1.38. The molecule has 2 nitrogen and oxygen atoms in total. The fraction of sp³-hybridized carbons (Fsp3) is 0.429. The monoisotopic (exact) mass is 303 g/mol. The summed E-state index contributed by atoms with van der Waals surface area (Å²) in [6, 6.07) is 3.58. The normalized spacial score (nSPS) is 18.6. The first kappa shape index (κ1) is 15.0. The Kier molecular flexibility index (Phi) is 3.90. The molecule has 1 aliphatic rings. The molecule has 3 N–H and O–H groups in total. The van der Waals surface area contributed by atoms with Gasteiger partial charge in [-0.05, 0) is 31.0 Å². The molecular weight excluding hydrogens is 291 g/mol. The summed E-state index contributed by atoms with van der Waals surface area (Å²) in [5.41, 5.74) is 1.52. The van der Waals surface area contributed by atoms with E-state index in [0.29, 0.717) is 0 Å². The quantitative estimate of drug-likeness (QED) is 0.616. The molecule has 1 aromatic carbocycles. The summed E-state index contributed by atoms with van der Waals surface area (Å²) in [5, 5.41) is 10.1. The van der Waals surface area contributed by atoms with Crippen LogP contribution in [0.4, 0.5) is 18.9 Å². The number of benzene rings is 1. The summed E-state index contributed by atoms with van der Waals surface area (Å²) in [6.07, 6.45) is -2.50. The molecule has 0 bridgehead atoms. The van der Waals surface area contributed by atoms with Gasteiger partial charge < -0.3 is 10.8 Å². The Morgan fingerprint density at radius 2 is 1.95 bits per heavy atom. The maximum atomic E-state index is 13.2. The smallest absolute Gasteiger partial charge is 0.398 e. The molecule has 0 radical (unpaired) electrons. The van der Waals surface area contributed by atoms with Gasteiger partial charge in [-0.15, -0.1) is 0 Å². The first-order chi connectivity index (χ1) is 9.24. The van der Waals surface area contributed by atoms with Gasteiger partial charge in [0.15, 0.2) is 0 Å². The van der Waals surface area contributed by atoms with Crippen LogP contribution in [0.2, 0.25) is 5.02 Å². The molecule has 1 saturated carbocycles. The van der Waals surface area contributed by atoms with Crippen molar-refractivity contribution in [3.63, 3.8) is 0 Å². The number of nitrogen functional groups attached to an aromatic ring is 1. The van der Waals surface area contributed by atoms with Crippen molar-refractivity contribution in [3.8, 4) is 11.8 Å². The lowest BCUT2D eigenvalue weighted by Gasteiger charge is -2.28. The molecule has 2 rings (SSSR count). The molecule has 1 unspecified atom stereocenters. The van der Waals surface area contributed by atoms with Gasteiger partial charge in [0, 0.05) is 22.2 Å². The van der Waals surface area contributed by atoms with E-state index in [1.807, 2.05) is 5.92 Å². The van der Waals surface area contributed by atoms with Crippen molar-refractivity contribution < 1.29 is 18.3 Å². The molecule has 20 heavy (non-hydrogen) atoms. The van der Waals surface area contributed by atoms with Crippen LogP contribution < -0.4 is 5.73 Å². The van der Waals surface area contributed by atoms with Gasteiger partial charge in [-0.25, -0.2) is 0 Å². The third-order valence-electron chi connectivity index (χ3n) is 3.38. The minimum Gasteiger partial charge on any atom is -0.398 e. The lowest BCUT2D eigenvalue weighted by atomic mass is 9.84. The van der Waals surface area contributed by atoms with E-state index in [0.717, 1.165) is 25.3 Å². The highest BCUT2D eigenvalue weighted by Gasteiger charge is 2.55. The van der Waals surface area contributed by atoms with E-state index >= 15 is 0 Å². The number of aliphatic hydroxyl groups is 1. The summed E-state index contributed by atoms with van der Waals surface area (Å²) >= 11 is 5.69. The van der Waals surface area contributed by atoms with Crippen LogP contribution in [-0.2, 0) is 5.60 Å². The Labute approximate surface area is 119 Å². The molecule has 0 aromatic heterocycles. The van der Waals surface area contributed by atoms with Crippen LogP contribution >= 0.6 is 11.6 Å². The van der Waals surface area contributed by atoms with E-state index in [1.165, 1.54) is 12.1 Å². The van der Waals surface area contributed by atoms with Crippen LogP contribution in [0.5, 0.6) is 0 Å². The topological polar surface area (TPSA) is 46.2 Å². The minimum atomic E-state index is -4.96. The van der Waals surface area contributed by atoms with E-state index in [9.17, 15) is 18.3 Å². The second-order valence-electron chi connectivity index (χ2n) is 4.84. The van der Waals surface area contributed by atoms with E-state index in [4.69, 9.17) is 17.3 Å². The number of rotatable bonds is 1. The summed E-state index contributed by atoms with van der Waals surface area (Å²) < 4.78 is 39.7. The van der Waals surface area contributed by atoms with Crippen molar-refractivity contribution in [3.05, 3.63) is 28.8 Å². The summed E-state index contributed by atoms with van der Waals surface area (Å²) in [4.78, 5) is 0. The summed E-state index contributed by atoms with van der Waals surface area (Å²) in [5.74, 6) is 4.36. The highest BCUT2D eigenvalue weighted by Crippen LogP contribution is 2.42. The van der Waals surface area contributed by atoms with Crippen LogP contribution in [-0.4, -0.2) is 11.3 Å². The van der Waals surface area contributed by atoms with Gasteiger partial charge in [-0.3, -0.25) is 0 Å². The van der Waals surface area contributed by atoms with Gasteiger partial charge >= 0.3 is 6.18 Å². The Bertz CT molecular complexity index is 572. The lowest BCUT2D eigenvalue weighted by molar-refractivity contribution is -0.240. The molecular formula is C14H13ClF3NO. The molecule has 1 atom stereocenters. The number of anilines is 1. The highest BCUT2D eigenvalue weighted by molar-refractivity contribution is 6.30. The molecule has 6 heteroatoms. The van der Waals surface area contributed by atoms with E-state index in [1.54, 1.807) is 0 Å². The van der Waals surface area contributed by atoms with Gasteiger partial charge in [0.2, 0.25) is 5.60 Å². The maximum absolute atomic E-state index is 13.2. The Morgan fingerprint density at radius 1 is 1.30 bits per heavy atom. The van der Waals surface area contributed by atoms with Crippen molar-refractivity contribution in [2.24, 2.45) is 5.92 Å². The van der Waals surface area contributed by atoms with Crippen LogP contribution in [0.3, 0.4) is 0 Å². The molecule has 1 aromatic rings. The number of nitrogens with two attached hydrogens (primary N) is 1.